The molecule has 0 radical (unpaired) electrons. The summed E-state index contributed by atoms with van der Waals surface area (Å²) in [5, 5.41) is 18.8. The topological polar surface area (TPSA) is 113 Å². The number of nitriles is 1. The van der Waals surface area contributed by atoms with Crippen molar-refractivity contribution in [1.82, 2.24) is 20.3 Å². The smallest absolute Gasteiger partial charge is 0.414 e. The maximum atomic E-state index is 14.5. The number of benzene rings is 1. The summed E-state index contributed by atoms with van der Waals surface area (Å²) in [5.74, 6) is -0.826. The summed E-state index contributed by atoms with van der Waals surface area (Å²) in [6, 6.07) is 6.16. The fraction of sp³-hybridized carbons (Fsp3) is 0.312. The van der Waals surface area contributed by atoms with Gasteiger partial charge in [-0.3, -0.25) is 9.69 Å². The molecule has 1 saturated heterocycles. The maximum Gasteiger partial charge on any atom is 0.414 e. The second kappa shape index (κ2) is 7.18. The number of nitrogens with one attached hydrogen (secondary N) is 1. The Balaban J connectivity index is 1.76. The zero-order valence-electron chi connectivity index (χ0n) is 13.8. The first-order valence-corrected chi connectivity index (χ1v) is 7.78. The molecule has 1 unspecified atom stereocenters. The fourth-order valence-electron chi connectivity index (χ4n) is 2.52. The van der Waals surface area contributed by atoms with Crippen molar-refractivity contribution in [1.29, 1.82) is 5.26 Å². The van der Waals surface area contributed by atoms with Crippen LogP contribution in [0.15, 0.2) is 24.4 Å². The second-order valence-corrected chi connectivity index (χ2v) is 5.68. The number of amides is 2. The van der Waals surface area contributed by atoms with Gasteiger partial charge in [0.25, 0.3) is 0 Å². The van der Waals surface area contributed by atoms with Crippen LogP contribution in [-0.4, -0.2) is 46.2 Å². The minimum Gasteiger partial charge on any atom is -0.442 e. The molecule has 3 rings (SSSR count). The third kappa shape index (κ3) is 3.61. The van der Waals surface area contributed by atoms with Crippen LogP contribution in [0.4, 0.5) is 14.9 Å². The van der Waals surface area contributed by atoms with Gasteiger partial charge in [0.15, 0.2) is 5.82 Å². The molecular formula is C16H15FN6O3. The van der Waals surface area contributed by atoms with E-state index in [9.17, 15) is 14.0 Å². The molecule has 0 bridgehead atoms. The van der Waals surface area contributed by atoms with E-state index in [-0.39, 0.29) is 31.1 Å². The molecule has 0 saturated carbocycles. The number of anilines is 1. The molecule has 9 nitrogen and oxygen atoms in total. The predicted octanol–water partition coefficient (Wildman–Crippen LogP) is 0.934. The van der Waals surface area contributed by atoms with E-state index >= 15 is 0 Å². The molecule has 1 aromatic carbocycles. The average Bonchev–Trinajstić information content (AvgIpc) is 3.20. The number of halogens is 1. The first kappa shape index (κ1) is 17.3. The Labute approximate surface area is 148 Å². The van der Waals surface area contributed by atoms with Crippen LogP contribution in [-0.2, 0) is 16.0 Å². The van der Waals surface area contributed by atoms with Gasteiger partial charge in [-0.2, -0.15) is 5.26 Å². The zero-order chi connectivity index (χ0) is 18.7. The van der Waals surface area contributed by atoms with E-state index in [1.807, 2.05) is 6.07 Å². The molecule has 1 aliphatic heterocycles. The Morgan fingerprint density at radius 2 is 2.35 bits per heavy atom. The Kier molecular flexibility index (Phi) is 4.79. The lowest BCUT2D eigenvalue weighted by Crippen LogP contribution is -2.33. The van der Waals surface area contributed by atoms with Gasteiger partial charge in [0.05, 0.1) is 43.2 Å². The lowest BCUT2D eigenvalue weighted by Gasteiger charge is -2.14. The third-order valence-corrected chi connectivity index (χ3v) is 3.74. The van der Waals surface area contributed by atoms with Gasteiger partial charge in [0.2, 0.25) is 5.91 Å². The molecule has 10 heteroatoms. The molecule has 134 valence electrons. The minimum atomic E-state index is -0.607. The highest BCUT2D eigenvalue weighted by Crippen LogP contribution is 2.25. The van der Waals surface area contributed by atoms with Gasteiger partial charge in [-0.25, -0.2) is 13.9 Å². The lowest BCUT2D eigenvalue weighted by molar-refractivity contribution is -0.119. The van der Waals surface area contributed by atoms with E-state index in [0.717, 1.165) is 0 Å². The van der Waals surface area contributed by atoms with E-state index < -0.39 is 18.0 Å². The number of nitrogens with zero attached hydrogens (tertiary/aromatic N) is 5. The largest absolute Gasteiger partial charge is 0.442 e. The summed E-state index contributed by atoms with van der Waals surface area (Å²) < 4.78 is 20.9. The second-order valence-electron chi connectivity index (χ2n) is 5.68. The van der Waals surface area contributed by atoms with Gasteiger partial charge in [-0.15, -0.1) is 5.10 Å². The number of ether oxygens (including phenoxy) is 1. The van der Waals surface area contributed by atoms with Crippen LogP contribution in [0.1, 0.15) is 12.6 Å². The van der Waals surface area contributed by atoms with Crippen molar-refractivity contribution < 1.29 is 18.7 Å². The summed E-state index contributed by atoms with van der Waals surface area (Å²) in [4.78, 5) is 24.2. The molecule has 0 spiro atoms. The van der Waals surface area contributed by atoms with Gasteiger partial charge >= 0.3 is 6.09 Å². The van der Waals surface area contributed by atoms with Gasteiger partial charge in [-0.1, -0.05) is 5.21 Å². The average molecular weight is 358 g/mol. The molecule has 2 amide bonds. The summed E-state index contributed by atoms with van der Waals surface area (Å²) in [6.07, 6.45) is 0.437. The quantitative estimate of drug-likeness (QED) is 0.851. The summed E-state index contributed by atoms with van der Waals surface area (Å²) in [7, 11) is 0. The van der Waals surface area contributed by atoms with Gasteiger partial charge in [-0.05, 0) is 18.2 Å². The molecule has 1 fully saturated rings. The van der Waals surface area contributed by atoms with Crippen molar-refractivity contribution in [3.05, 3.63) is 35.9 Å². The van der Waals surface area contributed by atoms with Crippen LogP contribution in [0.25, 0.3) is 5.69 Å². The molecule has 1 atom stereocenters. The van der Waals surface area contributed by atoms with E-state index in [1.54, 1.807) is 6.07 Å². The fourth-order valence-corrected chi connectivity index (χ4v) is 2.52. The van der Waals surface area contributed by atoms with Crippen LogP contribution < -0.4 is 10.2 Å². The van der Waals surface area contributed by atoms with E-state index in [0.29, 0.717) is 11.4 Å². The van der Waals surface area contributed by atoms with Crippen molar-refractivity contribution in [2.45, 2.75) is 19.4 Å². The number of hydrogen-bond acceptors (Lipinski definition) is 6. The molecule has 1 N–H and O–H groups in total. The lowest BCUT2D eigenvalue weighted by atomic mass is 10.2. The van der Waals surface area contributed by atoms with Crippen LogP contribution in [0, 0.1) is 17.1 Å². The van der Waals surface area contributed by atoms with Crippen molar-refractivity contribution in [3.63, 3.8) is 0 Å². The number of rotatable bonds is 5. The summed E-state index contributed by atoms with van der Waals surface area (Å²) in [6.45, 7) is 1.77. The Hall–Kier alpha value is -3.48. The van der Waals surface area contributed by atoms with E-state index in [2.05, 4.69) is 15.6 Å². The minimum absolute atomic E-state index is 0.0784. The number of aromatic nitrogens is 3. The molecule has 1 aromatic heterocycles. The molecule has 26 heavy (non-hydrogen) atoms. The molecule has 2 heterocycles. The van der Waals surface area contributed by atoms with Crippen LogP contribution in [0.5, 0.6) is 0 Å². The maximum absolute atomic E-state index is 14.5. The SMILES string of the molecule is CC(=O)NCC1CN(c2ccc(-n3cc(CC#N)nn3)c(F)c2)C(=O)O1. The Morgan fingerprint density at radius 1 is 1.54 bits per heavy atom. The Morgan fingerprint density at radius 3 is 3.04 bits per heavy atom. The molecular weight excluding hydrogens is 343 g/mol. The van der Waals surface area contributed by atoms with Gasteiger partial charge < -0.3 is 10.1 Å². The number of carbonyl (C=O) groups excluding carboxylic acids is 2. The van der Waals surface area contributed by atoms with Gasteiger partial charge in [0.1, 0.15) is 11.8 Å². The Bertz CT molecular complexity index is 890. The first-order chi connectivity index (χ1) is 12.5. The van der Waals surface area contributed by atoms with Crippen molar-refractivity contribution in [2.24, 2.45) is 0 Å². The van der Waals surface area contributed by atoms with Crippen LogP contribution in [0.2, 0.25) is 0 Å². The highest BCUT2D eigenvalue weighted by Gasteiger charge is 2.32. The van der Waals surface area contributed by atoms with Crippen molar-refractivity contribution in [2.75, 3.05) is 18.0 Å². The zero-order valence-corrected chi connectivity index (χ0v) is 13.8. The first-order valence-electron chi connectivity index (χ1n) is 7.78. The molecule has 0 aliphatic carbocycles. The standard InChI is InChI=1S/C16H15FN6O3/c1-10(24)19-7-13-9-22(16(25)26-13)12-2-3-15(14(17)6-12)23-8-11(4-5-18)20-21-23/h2-3,6,8,13H,4,7,9H2,1H3,(H,19,24). The number of carbonyl (C=O) groups is 2. The summed E-state index contributed by atoms with van der Waals surface area (Å²) >= 11 is 0. The number of cyclic esters (lactones) is 1. The highest BCUT2D eigenvalue weighted by atomic mass is 19.1. The molecule has 1 aliphatic rings. The van der Waals surface area contributed by atoms with Crippen LogP contribution in [0.3, 0.4) is 0 Å². The van der Waals surface area contributed by atoms with Crippen molar-refractivity contribution in [3.8, 4) is 11.8 Å². The van der Waals surface area contributed by atoms with Crippen molar-refractivity contribution >= 4 is 17.7 Å². The molecule has 2 aromatic rings. The highest BCUT2D eigenvalue weighted by molar-refractivity contribution is 5.90. The van der Waals surface area contributed by atoms with E-state index in [1.165, 1.54) is 34.8 Å². The van der Waals surface area contributed by atoms with Gasteiger partial charge in [0, 0.05) is 6.92 Å². The number of hydrogen-bond donors (Lipinski definition) is 1. The normalized spacial score (nSPS) is 16.3. The third-order valence-electron chi connectivity index (χ3n) is 3.74. The van der Waals surface area contributed by atoms with E-state index in [4.69, 9.17) is 10.00 Å². The predicted molar refractivity (Wildman–Crippen MR) is 86.9 cm³/mol. The summed E-state index contributed by atoms with van der Waals surface area (Å²) in [5.41, 5.74) is 0.909. The van der Waals surface area contributed by atoms with Crippen LogP contribution >= 0.6 is 0 Å². The monoisotopic (exact) mass is 358 g/mol.